The minimum Gasteiger partial charge on any atom is -0.481 e. The third-order valence-corrected chi connectivity index (χ3v) is 2.49. The van der Waals surface area contributed by atoms with Gasteiger partial charge in [-0.15, -0.1) is 0 Å². The molecule has 0 aliphatic heterocycles. The SMILES string of the molecule is O=C(O)Cc1ncnc2ccc(Br)cc12. The molecule has 2 aromatic rings. The topological polar surface area (TPSA) is 63.1 Å². The Bertz CT molecular complexity index is 528. The standard InChI is InChI=1S/C10H7BrN2O2/c11-6-1-2-8-7(3-6)9(4-10(14)15)13-5-12-8/h1-3,5H,4H2,(H,14,15). The largest absolute Gasteiger partial charge is 0.481 e. The summed E-state index contributed by atoms with van der Waals surface area (Å²) in [5.74, 6) is -0.894. The monoisotopic (exact) mass is 266 g/mol. The second kappa shape index (κ2) is 3.94. The predicted molar refractivity (Wildman–Crippen MR) is 58.6 cm³/mol. The van der Waals surface area contributed by atoms with E-state index in [0.717, 1.165) is 15.4 Å². The van der Waals surface area contributed by atoms with Gasteiger partial charge >= 0.3 is 5.97 Å². The number of carbonyl (C=O) groups is 1. The van der Waals surface area contributed by atoms with Crippen LogP contribution in [-0.2, 0) is 11.2 Å². The van der Waals surface area contributed by atoms with Crippen molar-refractivity contribution in [1.29, 1.82) is 0 Å². The highest BCUT2D eigenvalue weighted by Crippen LogP contribution is 2.20. The lowest BCUT2D eigenvalue weighted by atomic mass is 10.1. The summed E-state index contributed by atoms with van der Waals surface area (Å²) in [4.78, 5) is 18.7. The second-order valence-electron chi connectivity index (χ2n) is 3.05. The van der Waals surface area contributed by atoms with E-state index in [4.69, 9.17) is 5.11 Å². The van der Waals surface area contributed by atoms with Crippen molar-refractivity contribution in [2.45, 2.75) is 6.42 Å². The van der Waals surface area contributed by atoms with Crippen molar-refractivity contribution in [3.63, 3.8) is 0 Å². The molecule has 1 aromatic carbocycles. The van der Waals surface area contributed by atoms with Crippen LogP contribution < -0.4 is 0 Å². The Morgan fingerprint density at radius 2 is 2.20 bits per heavy atom. The van der Waals surface area contributed by atoms with E-state index in [1.807, 2.05) is 18.2 Å². The smallest absolute Gasteiger partial charge is 0.309 e. The van der Waals surface area contributed by atoms with E-state index in [9.17, 15) is 4.79 Å². The van der Waals surface area contributed by atoms with Crippen LogP contribution >= 0.6 is 15.9 Å². The summed E-state index contributed by atoms with van der Waals surface area (Å²) in [5, 5.41) is 9.50. The van der Waals surface area contributed by atoms with Gasteiger partial charge in [-0.3, -0.25) is 4.79 Å². The van der Waals surface area contributed by atoms with Gasteiger partial charge in [-0.2, -0.15) is 0 Å². The minimum absolute atomic E-state index is 0.0878. The highest BCUT2D eigenvalue weighted by molar-refractivity contribution is 9.10. The molecule has 76 valence electrons. The summed E-state index contributed by atoms with van der Waals surface area (Å²) >= 11 is 3.33. The second-order valence-corrected chi connectivity index (χ2v) is 3.97. The van der Waals surface area contributed by atoms with Gasteiger partial charge in [0.25, 0.3) is 0 Å². The maximum absolute atomic E-state index is 10.6. The number of benzene rings is 1. The molecule has 0 saturated heterocycles. The van der Waals surface area contributed by atoms with E-state index in [0.29, 0.717) is 5.69 Å². The van der Waals surface area contributed by atoms with Gasteiger partial charge in [0.05, 0.1) is 17.6 Å². The Morgan fingerprint density at radius 1 is 1.40 bits per heavy atom. The van der Waals surface area contributed by atoms with Gasteiger partial charge in [0.15, 0.2) is 0 Å². The molecule has 0 aliphatic rings. The van der Waals surface area contributed by atoms with Crippen molar-refractivity contribution >= 4 is 32.8 Å². The third kappa shape index (κ3) is 2.12. The number of aliphatic carboxylic acids is 1. The molecule has 0 radical (unpaired) electrons. The minimum atomic E-state index is -0.894. The molecule has 1 N–H and O–H groups in total. The van der Waals surface area contributed by atoms with Crippen LogP contribution in [0.15, 0.2) is 29.0 Å². The number of hydrogen-bond donors (Lipinski definition) is 1. The molecule has 5 heteroatoms. The molecule has 15 heavy (non-hydrogen) atoms. The molecule has 1 aromatic heterocycles. The number of aromatic nitrogens is 2. The van der Waals surface area contributed by atoms with E-state index < -0.39 is 5.97 Å². The zero-order valence-corrected chi connectivity index (χ0v) is 9.23. The van der Waals surface area contributed by atoms with Gasteiger partial charge in [0, 0.05) is 9.86 Å². The van der Waals surface area contributed by atoms with Crippen molar-refractivity contribution in [1.82, 2.24) is 9.97 Å². The van der Waals surface area contributed by atoms with Gasteiger partial charge in [-0.25, -0.2) is 9.97 Å². The van der Waals surface area contributed by atoms with Crippen LogP contribution in [0.1, 0.15) is 5.69 Å². The first-order valence-electron chi connectivity index (χ1n) is 4.28. The maximum atomic E-state index is 10.6. The molecule has 0 bridgehead atoms. The van der Waals surface area contributed by atoms with Gasteiger partial charge in [-0.05, 0) is 18.2 Å². The fourth-order valence-electron chi connectivity index (χ4n) is 1.37. The Hall–Kier alpha value is -1.49. The lowest BCUT2D eigenvalue weighted by Gasteiger charge is -2.02. The van der Waals surface area contributed by atoms with Crippen LogP contribution in [0.25, 0.3) is 10.9 Å². The number of carboxylic acid groups (broad SMARTS) is 1. The summed E-state index contributed by atoms with van der Waals surface area (Å²) < 4.78 is 0.886. The molecule has 0 unspecified atom stereocenters. The fourth-order valence-corrected chi connectivity index (χ4v) is 1.73. The van der Waals surface area contributed by atoms with Gasteiger partial charge in [0.2, 0.25) is 0 Å². The Labute approximate surface area is 94.1 Å². The van der Waals surface area contributed by atoms with E-state index in [-0.39, 0.29) is 6.42 Å². The van der Waals surface area contributed by atoms with Crippen molar-refractivity contribution in [2.75, 3.05) is 0 Å². The summed E-state index contributed by atoms with van der Waals surface area (Å²) in [6, 6.07) is 5.51. The highest BCUT2D eigenvalue weighted by Gasteiger charge is 2.07. The van der Waals surface area contributed by atoms with Crippen LogP contribution in [0.4, 0.5) is 0 Å². The normalized spacial score (nSPS) is 10.5. The first-order valence-corrected chi connectivity index (χ1v) is 5.07. The van der Waals surface area contributed by atoms with Crippen LogP contribution in [0.3, 0.4) is 0 Å². The van der Waals surface area contributed by atoms with E-state index in [1.54, 1.807) is 0 Å². The van der Waals surface area contributed by atoms with Crippen molar-refractivity contribution < 1.29 is 9.90 Å². The maximum Gasteiger partial charge on any atom is 0.309 e. The third-order valence-electron chi connectivity index (χ3n) is 2.00. The zero-order valence-electron chi connectivity index (χ0n) is 7.64. The molecule has 0 atom stereocenters. The number of halogens is 1. The summed E-state index contributed by atoms with van der Waals surface area (Å²) in [6.07, 6.45) is 1.30. The van der Waals surface area contributed by atoms with Crippen LogP contribution in [0.5, 0.6) is 0 Å². The predicted octanol–water partition coefficient (Wildman–Crippen LogP) is 2.02. The Kier molecular flexibility index (Phi) is 2.64. The van der Waals surface area contributed by atoms with Gasteiger partial charge in [0.1, 0.15) is 6.33 Å². The summed E-state index contributed by atoms with van der Waals surface area (Å²) in [6.45, 7) is 0. The lowest BCUT2D eigenvalue weighted by Crippen LogP contribution is -2.03. The molecule has 0 fully saturated rings. The van der Waals surface area contributed by atoms with E-state index in [1.165, 1.54) is 6.33 Å². The average Bonchev–Trinajstić information content (AvgIpc) is 2.18. The van der Waals surface area contributed by atoms with Crippen molar-refractivity contribution in [3.05, 3.63) is 34.7 Å². The molecule has 0 spiro atoms. The van der Waals surface area contributed by atoms with Crippen LogP contribution in [0, 0.1) is 0 Å². The molecular weight excluding hydrogens is 260 g/mol. The molecule has 4 nitrogen and oxygen atoms in total. The fraction of sp³-hybridized carbons (Fsp3) is 0.100. The van der Waals surface area contributed by atoms with Crippen molar-refractivity contribution in [2.24, 2.45) is 0 Å². The van der Waals surface area contributed by atoms with Gasteiger partial charge < -0.3 is 5.11 Å². The Morgan fingerprint density at radius 3 is 2.93 bits per heavy atom. The molecule has 2 rings (SSSR count). The quantitative estimate of drug-likeness (QED) is 0.904. The summed E-state index contributed by atoms with van der Waals surface area (Å²) in [7, 11) is 0. The molecule has 1 heterocycles. The number of hydrogen-bond acceptors (Lipinski definition) is 3. The van der Waals surface area contributed by atoms with Crippen molar-refractivity contribution in [3.8, 4) is 0 Å². The Balaban J connectivity index is 2.63. The number of nitrogens with zero attached hydrogens (tertiary/aromatic N) is 2. The van der Waals surface area contributed by atoms with E-state index in [2.05, 4.69) is 25.9 Å². The molecule has 0 amide bonds. The molecule has 0 aliphatic carbocycles. The van der Waals surface area contributed by atoms with Gasteiger partial charge in [-0.1, -0.05) is 15.9 Å². The number of carboxylic acids is 1. The number of fused-ring (bicyclic) bond motifs is 1. The lowest BCUT2D eigenvalue weighted by molar-refractivity contribution is -0.136. The van der Waals surface area contributed by atoms with Crippen LogP contribution in [-0.4, -0.2) is 21.0 Å². The summed E-state index contributed by atoms with van der Waals surface area (Å²) in [5.41, 5.74) is 1.29. The first-order chi connectivity index (χ1) is 7.16. The zero-order chi connectivity index (χ0) is 10.8. The first kappa shape index (κ1) is 10.0. The molecule has 0 saturated carbocycles. The number of rotatable bonds is 2. The average molecular weight is 267 g/mol. The van der Waals surface area contributed by atoms with E-state index >= 15 is 0 Å². The molecular formula is C10H7BrN2O2. The highest BCUT2D eigenvalue weighted by atomic mass is 79.9. The van der Waals surface area contributed by atoms with Crippen LogP contribution in [0.2, 0.25) is 0 Å².